The van der Waals surface area contributed by atoms with Gasteiger partial charge in [-0.25, -0.2) is 5.43 Å². The smallest absolute Gasteiger partial charge is 0.275 e. The standard InChI is InChI=1S/C22H17I2N3O5/c1-31-20-8-7-16(27(29)30)11-17(20)22(28)26-25-12-15-9-18(23)21(19(24)10-15)32-13-14-5-3-2-4-6-14/h2-12H,13H2,1H3,(H,26,28). The van der Waals surface area contributed by atoms with Gasteiger partial charge in [-0.05, 0) is 74.5 Å². The van der Waals surface area contributed by atoms with Crippen LogP contribution in [0.5, 0.6) is 11.5 Å². The third-order valence-electron chi connectivity index (χ3n) is 4.26. The van der Waals surface area contributed by atoms with Gasteiger partial charge in [-0.2, -0.15) is 5.10 Å². The zero-order valence-electron chi connectivity index (χ0n) is 16.7. The number of hydrogen-bond donors (Lipinski definition) is 1. The summed E-state index contributed by atoms with van der Waals surface area (Å²) in [6.07, 6.45) is 1.49. The van der Waals surface area contributed by atoms with E-state index in [1.807, 2.05) is 42.5 Å². The molecule has 0 saturated heterocycles. The van der Waals surface area contributed by atoms with Gasteiger partial charge in [-0.15, -0.1) is 0 Å². The number of carbonyl (C=O) groups is 1. The van der Waals surface area contributed by atoms with Gasteiger partial charge >= 0.3 is 0 Å². The van der Waals surface area contributed by atoms with Crippen LogP contribution >= 0.6 is 45.2 Å². The average Bonchev–Trinajstić information content (AvgIpc) is 2.78. The molecule has 164 valence electrons. The Morgan fingerprint density at radius 2 is 1.81 bits per heavy atom. The first-order valence-corrected chi connectivity index (χ1v) is 11.4. The summed E-state index contributed by atoms with van der Waals surface area (Å²) in [5.41, 5.74) is 4.02. The molecule has 0 unspecified atom stereocenters. The molecule has 0 aromatic heterocycles. The number of amides is 1. The third-order valence-corrected chi connectivity index (χ3v) is 5.87. The number of rotatable bonds is 8. The number of hydrogen-bond acceptors (Lipinski definition) is 6. The maximum Gasteiger partial charge on any atom is 0.275 e. The average molecular weight is 657 g/mol. The molecule has 32 heavy (non-hydrogen) atoms. The summed E-state index contributed by atoms with van der Waals surface area (Å²) in [5.74, 6) is 0.374. The fourth-order valence-corrected chi connectivity index (χ4v) is 4.86. The van der Waals surface area contributed by atoms with Crippen molar-refractivity contribution in [2.24, 2.45) is 5.10 Å². The topological polar surface area (TPSA) is 103 Å². The fourth-order valence-electron chi connectivity index (χ4n) is 2.73. The lowest BCUT2D eigenvalue weighted by Gasteiger charge is -2.11. The van der Waals surface area contributed by atoms with Gasteiger partial charge < -0.3 is 9.47 Å². The Hall–Kier alpha value is -2.74. The fraction of sp³-hybridized carbons (Fsp3) is 0.0909. The number of ether oxygens (including phenoxy) is 2. The minimum absolute atomic E-state index is 0.0210. The highest BCUT2D eigenvalue weighted by molar-refractivity contribution is 14.1. The molecule has 10 heteroatoms. The van der Waals surface area contributed by atoms with E-state index in [2.05, 4.69) is 55.7 Å². The SMILES string of the molecule is COc1ccc([N+](=O)[O-])cc1C(=O)NN=Cc1cc(I)c(OCc2ccccc2)c(I)c1. The first-order valence-electron chi connectivity index (χ1n) is 9.20. The molecular weight excluding hydrogens is 640 g/mol. The molecule has 8 nitrogen and oxygen atoms in total. The first-order chi connectivity index (χ1) is 15.4. The molecule has 0 aliphatic rings. The molecule has 0 saturated carbocycles. The molecule has 3 aromatic rings. The van der Waals surface area contributed by atoms with Crippen molar-refractivity contribution in [1.82, 2.24) is 5.43 Å². The van der Waals surface area contributed by atoms with Crippen molar-refractivity contribution in [2.75, 3.05) is 7.11 Å². The number of carbonyl (C=O) groups excluding carboxylic acids is 1. The van der Waals surface area contributed by atoms with E-state index in [9.17, 15) is 14.9 Å². The molecule has 0 atom stereocenters. The molecule has 0 radical (unpaired) electrons. The number of nitrogens with one attached hydrogen (secondary N) is 1. The van der Waals surface area contributed by atoms with Crippen molar-refractivity contribution < 1.29 is 19.2 Å². The predicted molar refractivity (Wildman–Crippen MR) is 137 cm³/mol. The van der Waals surface area contributed by atoms with Crippen LogP contribution in [0.15, 0.2) is 65.8 Å². The molecule has 0 aliphatic heterocycles. The second-order valence-electron chi connectivity index (χ2n) is 6.43. The third kappa shape index (κ3) is 6.16. The Morgan fingerprint density at radius 3 is 2.44 bits per heavy atom. The van der Waals surface area contributed by atoms with Gasteiger partial charge in [0, 0.05) is 12.1 Å². The van der Waals surface area contributed by atoms with Gasteiger partial charge in [0.1, 0.15) is 18.1 Å². The lowest BCUT2D eigenvalue weighted by atomic mass is 10.1. The quantitative estimate of drug-likeness (QED) is 0.156. The maximum absolute atomic E-state index is 12.4. The normalized spacial score (nSPS) is 10.7. The molecule has 0 spiro atoms. The van der Waals surface area contributed by atoms with Crippen molar-refractivity contribution in [1.29, 1.82) is 0 Å². The lowest BCUT2D eigenvalue weighted by Crippen LogP contribution is -2.18. The zero-order valence-corrected chi connectivity index (χ0v) is 21.1. The summed E-state index contributed by atoms with van der Waals surface area (Å²) in [6.45, 7) is 0.460. The molecule has 1 N–H and O–H groups in total. The highest BCUT2D eigenvalue weighted by Crippen LogP contribution is 2.29. The number of hydrazone groups is 1. The van der Waals surface area contributed by atoms with Crippen LogP contribution < -0.4 is 14.9 Å². The molecular formula is C22H17I2N3O5. The van der Waals surface area contributed by atoms with Crippen molar-refractivity contribution in [2.45, 2.75) is 6.61 Å². The monoisotopic (exact) mass is 657 g/mol. The summed E-state index contributed by atoms with van der Waals surface area (Å²) in [7, 11) is 1.38. The summed E-state index contributed by atoms with van der Waals surface area (Å²) in [4.78, 5) is 22.9. The van der Waals surface area contributed by atoms with E-state index >= 15 is 0 Å². The van der Waals surface area contributed by atoms with Crippen LogP contribution in [0.1, 0.15) is 21.5 Å². The van der Waals surface area contributed by atoms with Crippen molar-refractivity contribution in [3.63, 3.8) is 0 Å². The van der Waals surface area contributed by atoms with Crippen LogP contribution in [0.2, 0.25) is 0 Å². The summed E-state index contributed by atoms with van der Waals surface area (Å²) in [5, 5.41) is 15.0. The molecule has 3 rings (SSSR count). The summed E-state index contributed by atoms with van der Waals surface area (Å²) in [6, 6.07) is 17.4. The molecule has 3 aromatic carbocycles. The lowest BCUT2D eigenvalue weighted by molar-refractivity contribution is -0.384. The summed E-state index contributed by atoms with van der Waals surface area (Å²) < 4.78 is 12.9. The Kier molecular flexibility index (Phi) is 8.39. The Labute approximate surface area is 211 Å². The Balaban J connectivity index is 1.70. The second-order valence-corrected chi connectivity index (χ2v) is 8.75. The number of non-ortho nitro benzene ring substituents is 1. The van der Waals surface area contributed by atoms with Crippen LogP contribution in [0, 0.1) is 17.3 Å². The number of nitro groups is 1. The van der Waals surface area contributed by atoms with Crippen molar-refractivity contribution in [3.8, 4) is 11.5 Å². The van der Waals surface area contributed by atoms with E-state index in [1.54, 1.807) is 0 Å². The second kappa shape index (κ2) is 11.2. The van der Waals surface area contributed by atoms with Gasteiger partial charge in [-0.1, -0.05) is 30.3 Å². The van der Waals surface area contributed by atoms with Crippen LogP contribution in [-0.4, -0.2) is 24.2 Å². The van der Waals surface area contributed by atoms with Crippen LogP contribution in [-0.2, 0) is 6.61 Å². The van der Waals surface area contributed by atoms with Gasteiger partial charge in [-0.3, -0.25) is 14.9 Å². The van der Waals surface area contributed by atoms with Crippen LogP contribution in [0.25, 0.3) is 0 Å². The highest BCUT2D eigenvalue weighted by atomic mass is 127. The van der Waals surface area contributed by atoms with Crippen molar-refractivity contribution >= 4 is 63.0 Å². The van der Waals surface area contributed by atoms with Gasteiger partial charge in [0.2, 0.25) is 0 Å². The highest BCUT2D eigenvalue weighted by Gasteiger charge is 2.17. The van der Waals surface area contributed by atoms with E-state index in [1.165, 1.54) is 25.5 Å². The summed E-state index contributed by atoms with van der Waals surface area (Å²) >= 11 is 4.38. The number of methoxy groups -OCH3 is 1. The maximum atomic E-state index is 12.4. The molecule has 0 bridgehead atoms. The minimum Gasteiger partial charge on any atom is -0.496 e. The largest absolute Gasteiger partial charge is 0.496 e. The van der Waals surface area contributed by atoms with E-state index in [-0.39, 0.29) is 17.0 Å². The molecule has 0 aliphatic carbocycles. The Bertz CT molecular complexity index is 1150. The van der Waals surface area contributed by atoms with Gasteiger partial charge in [0.15, 0.2) is 0 Å². The number of nitrogens with zero attached hydrogens (tertiary/aromatic N) is 2. The number of halogens is 2. The van der Waals surface area contributed by atoms with E-state index in [0.29, 0.717) is 6.61 Å². The molecule has 0 heterocycles. The van der Waals surface area contributed by atoms with Crippen LogP contribution in [0.4, 0.5) is 5.69 Å². The van der Waals surface area contributed by atoms with E-state index in [4.69, 9.17) is 9.47 Å². The van der Waals surface area contributed by atoms with Gasteiger partial charge in [0.05, 0.1) is 31.0 Å². The molecule has 1 amide bonds. The van der Waals surface area contributed by atoms with Crippen molar-refractivity contribution in [3.05, 3.63) is 94.6 Å². The van der Waals surface area contributed by atoms with E-state index < -0.39 is 10.8 Å². The number of nitro benzene ring substituents is 1. The van der Waals surface area contributed by atoms with Gasteiger partial charge in [0.25, 0.3) is 11.6 Å². The number of benzene rings is 3. The minimum atomic E-state index is -0.617. The van der Waals surface area contributed by atoms with Crippen LogP contribution in [0.3, 0.4) is 0 Å². The predicted octanol–water partition coefficient (Wildman–Crippen LogP) is 5.16. The Morgan fingerprint density at radius 1 is 1.12 bits per heavy atom. The first kappa shape index (κ1) is 23.9. The van der Waals surface area contributed by atoms with E-state index in [0.717, 1.165) is 30.1 Å². The zero-order chi connectivity index (χ0) is 23.1. The molecule has 0 fully saturated rings.